The lowest BCUT2D eigenvalue weighted by atomic mass is 9.78. The first kappa shape index (κ1) is 23.9. The Morgan fingerprint density at radius 2 is 1.72 bits per heavy atom. The second-order valence-electron chi connectivity index (χ2n) is 9.71. The van der Waals surface area contributed by atoms with E-state index >= 15 is 0 Å². The number of para-hydroxylation sites is 2. The van der Waals surface area contributed by atoms with Gasteiger partial charge in [-0.3, -0.25) is 9.48 Å². The number of benzene rings is 1. The van der Waals surface area contributed by atoms with Gasteiger partial charge in [0.25, 0.3) is 5.91 Å². The van der Waals surface area contributed by atoms with E-state index in [0.29, 0.717) is 54.6 Å². The number of carbonyl (C=O) groups excluding carboxylic acids is 2. The summed E-state index contributed by atoms with van der Waals surface area (Å²) < 4.78 is 12.7. The van der Waals surface area contributed by atoms with E-state index in [1.807, 2.05) is 48.0 Å². The largest absolute Gasteiger partial charge is 0.495 e. The molecule has 2 saturated heterocycles. The first-order valence-electron chi connectivity index (χ1n) is 12.2. The van der Waals surface area contributed by atoms with Gasteiger partial charge in [-0.15, -0.1) is 0 Å². The highest BCUT2D eigenvalue weighted by molar-refractivity contribution is 6.02. The number of piperidine rings is 1. The second kappa shape index (κ2) is 9.33. The fourth-order valence-corrected chi connectivity index (χ4v) is 5.56. The number of fused-ring (bicyclic) bond motifs is 1. The van der Waals surface area contributed by atoms with Gasteiger partial charge in [-0.1, -0.05) is 12.1 Å². The molecule has 10 nitrogen and oxygen atoms in total. The van der Waals surface area contributed by atoms with Gasteiger partial charge in [0.15, 0.2) is 5.65 Å². The minimum atomic E-state index is -0.128. The highest BCUT2D eigenvalue weighted by atomic mass is 16.5. The molecule has 1 spiro atoms. The van der Waals surface area contributed by atoms with Gasteiger partial charge in [0.1, 0.15) is 17.1 Å². The van der Waals surface area contributed by atoms with Gasteiger partial charge in [0, 0.05) is 39.4 Å². The van der Waals surface area contributed by atoms with E-state index < -0.39 is 0 Å². The van der Waals surface area contributed by atoms with E-state index in [1.165, 1.54) is 0 Å². The number of aromatic nitrogens is 3. The summed E-state index contributed by atoms with van der Waals surface area (Å²) in [5, 5.41) is 8.16. The quantitative estimate of drug-likeness (QED) is 0.599. The molecule has 1 N–H and O–H groups in total. The lowest BCUT2D eigenvalue weighted by Gasteiger charge is -2.39. The van der Waals surface area contributed by atoms with Crippen LogP contribution in [0.2, 0.25) is 0 Å². The van der Waals surface area contributed by atoms with Gasteiger partial charge < -0.3 is 24.6 Å². The number of likely N-dealkylation sites (tertiary alicyclic amines) is 2. The zero-order chi connectivity index (χ0) is 25.4. The van der Waals surface area contributed by atoms with E-state index in [9.17, 15) is 9.59 Å². The monoisotopic (exact) mass is 492 g/mol. The minimum Gasteiger partial charge on any atom is -0.495 e. The molecule has 10 heteroatoms. The molecule has 2 aliphatic rings. The highest BCUT2D eigenvalue weighted by Gasteiger charge is 2.43. The molecule has 2 fully saturated rings. The molecule has 0 unspecified atom stereocenters. The fourth-order valence-electron chi connectivity index (χ4n) is 5.56. The zero-order valence-corrected chi connectivity index (χ0v) is 21.2. The zero-order valence-electron chi connectivity index (χ0n) is 21.2. The number of amides is 3. The van der Waals surface area contributed by atoms with Crippen molar-refractivity contribution in [3.63, 3.8) is 0 Å². The lowest BCUT2D eigenvalue weighted by molar-refractivity contribution is 0.0736. The Balaban J connectivity index is 1.25. The molecule has 0 bridgehead atoms. The van der Waals surface area contributed by atoms with Crippen LogP contribution in [0, 0.1) is 12.3 Å². The number of methoxy groups -OCH3 is 2. The molecule has 36 heavy (non-hydrogen) atoms. The number of nitrogens with zero attached hydrogens (tertiary/aromatic N) is 5. The van der Waals surface area contributed by atoms with Gasteiger partial charge in [-0.2, -0.15) is 5.10 Å². The van der Waals surface area contributed by atoms with Crippen LogP contribution in [0.25, 0.3) is 11.0 Å². The predicted octanol–water partition coefficient (Wildman–Crippen LogP) is 3.45. The number of nitrogens with one attached hydrogen (secondary N) is 1. The van der Waals surface area contributed by atoms with Gasteiger partial charge in [-0.25, -0.2) is 9.78 Å². The SMILES string of the molecule is COc1ccccc1NC(=O)N1CCC2(CC1)CCN(C(=O)c1cnc3c(c(C)nn3C)c1OC)C2. The smallest absolute Gasteiger partial charge is 0.321 e. The van der Waals surface area contributed by atoms with Crippen LogP contribution in [0.3, 0.4) is 0 Å². The van der Waals surface area contributed by atoms with Crippen molar-refractivity contribution in [3.05, 3.63) is 41.7 Å². The van der Waals surface area contributed by atoms with Gasteiger partial charge in [0.2, 0.25) is 0 Å². The van der Waals surface area contributed by atoms with Crippen molar-refractivity contribution in [2.75, 3.05) is 45.7 Å². The molecule has 190 valence electrons. The van der Waals surface area contributed by atoms with Crippen molar-refractivity contribution in [1.29, 1.82) is 0 Å². The highest BCUT2D eigenvalue weighted by Crippen LogP contribution is 2.42. The predicted molar refractivity (Wildman–Crippen MR) is 136 cm³/mol. The van der Waals surface area contributed by atoms with Gasteiger partial charge in [-0.05, 0) is 43.7 Å². The molecule has 3 amide bonds. The minimum absolute atomic E-state index is 0.0197. The number of hydrogen-bond acceptors (Lipinski definition) is 6. The average Bonchev–Trinajstić information content (AvgIpc) is 3.43. The summed E-state index contributed by atoms with van der Waals surface area (Å²) in [5.74, 6) is 1.09. The molecule has 4 heterocycles. The molecular weight excluding hydrogens is 460 g/mol. The van der Waals surface area contributed by atoms with Crippen LogP contribution in [-0.4, -0.2) is 76.9 Å². The molecule has 0 atom stereocenters. The van der Waals surface area contributed by atoms with Crippen LogP contribution >= 0.6 is 0 Å². The number of carbonyl (C=O) groups is 2. The van der Waals surface area contributed by atoms with Gasteiger partial charge >= 0.3 is 6.03 Å². The third-order valence-corrected chi connectivity index (χ3v) is 7.60. The number of hydrogen-bond donors (Lipinski definition) is 1. The Kier molecular flexibility index (Phi) is 6.19. The number of anilines is 1. The molecule has 3 aromatic rings. The van der Waals surface area contributed by atoms with Crippen molar-refractivity contribution >= 4 is 28.7 Å². The topological polar surface area (TPSA) is 102 Å². The standard InChI is InChI=1S/C26H32N6O4/c1-17-21-22(36-4)18(15-27-23(21)30(2)29-17)24(33)32-14-11-26(16-32)9-12-31(13-10-26)25(34)28-19-7-5-6-8-20(19)35-3/h5-8,15H,9-14,16H2,1-4H3,(H,28,34). The maximum absolute atomic E-state index is 13.5. The molecule has 5 rings (SSSR count). The Morgan fingerprint density at radius 3 is 2.42 bits per heavy atom. The van der Waals surface area contributed by atoms with E-state index in [2.05, 4.69) is 15.4 Å². The molecule has 0 radical (unpaired) electrons. The van der Waals surface area contributed by atoms with Crippen LogP contribution < -0.4 is 14.8 Å². The van der Waals surface area contributed by atoms with Crippen molar-refractivity contribution in [2.45, 2.75) is 26.2 Å². The summed E-state index contributed by atoms with van der Waals surface area (Å²) in [6, 6.07) is 7.26. The summed E-state index contributed by atoms with van der Waals surface area (Å²) in [6.45, 7) is 4.54. The second-order valence-corrected chi connectivity index (χ2v) is 9.71. The molecular formula is C26H32N6O4. The summed E-state index contributed by atoms with van der Waals surface area (Å²) in [4.78, 5) is 34.7. The number of aryl methyl sites for hydroxylation is 2. The molecule has 2 aromatic heterocycles. The third kappa shape index (κ3) is 4.10. The molecule has 0 saturated carbocycles. The van der Waals surface area contributed by atoms with Crippen LogP contribution in [-0.2, 0) is 7.05 Å². The Labute approximate surface area is 210 Å². The number of ether oxygens (including phenoxy) is 2. The van der Waals surface area contributed by atoms with E-state index in [-0.39, 0.29) is 17.4 Å². The van der Waals surface area contributed by atoms with Crippen LogP contribution in [0.1, 0.15) is 35.3 Å². The van der Waals surface area contributed by atoms with Crippen molar-refractivity contribution in [2.24, 2.45) is 12.5 Å². The number of rotatable bonds is 4. The Morgan fingerprint density at radius 1 is 1.03 bits per heavy atom. The van der Waals surface area contributed by atoms with Crippen molar-refractivity contribution in [3.8, 4) is 11.5 Å². The van der Waals surface area contributed by atoms with Crippen LogP contribution in [0.4, 0.5) is 10.5 Å². The first-order chi connectivity index (χ1) is 17.4. The maximum atomic E-state index is 13.5. The summed E-state index contributed by atoms with van der Waals surface area (Å²) >= 11 is 0. The van der Waals surface area contributed by atoms with Crippen LogP contribution in [0.5, 0.6) is 11.5 Å². The van der Waals surface area contributed by atoms with E-state index in [1.54, 1.807) is 25.1 Å². The van der Waals surface area contributed by atoms with E-state index in [4.69, 9.17) is 9.47 Å². The van der Waals surface area contributed by atoms with Crippen molar-refractivity contribution < 1.29 is 19.1 Å². The van der Waals surface area contributed by atoms with Crippen molar-refractivity contribution in [1.82, 2.24) is 24.6 Å². The number of urea groups is 1. The summed E-state index contributed by atoms with van der Waals surface area (Å²) in [6.07, 6.45) is 4.23. The fraction of sp³-hybridized carbons (Fsp3) is 0.462. The first-order valence-corrected chi connectivity index (χ1v) is 12.2. The number of pyridine rings is 1. The molecule has 1 aromatic carbocycles. The normalized spacial score (nSPS) is 17.0. The van der Waals surface area contributed by atoms with E-state index in [0.717, 1.165) is 30.3 Å². The average molecular weight is 493 g/mol. The summed E-state index contributed by atoms with van der Waals surface area (Å²) in [5.41, 5.74) is 2.62. The maximum Gasteiger partial charge on any atom is 0.321 e. The Bertz CT molecular complexity index is 1310. The lowest BCUT2D eigenvalue weighted by Crippen LogP contribution is -2.46. The molecule has 2 aliphatic heterocycles. The van der Waals surface area contributed by atoms with Gasteiger partial charge in [0.05, 0.1) is 31.0 Å². The van der Waals surface area contributed by atoms with Crippen LogP contribution in [0.15, 0.2) is 30.5 Å². The third-order valence-electron chi connectivity index (χ3n) is 7.60. The Hall–Kier alpha value is -3.82. The molecule has 0 aliphatic carbocycles. The summed E-state index contributed by atoms with van der Waals surface area (Å²) in [7, 11) is 5.00.